The van der Waals surface area contributed by atoms with Crippen LogP contribution in [0.1, 0.15) is 34.5 Å². The summed E-state index contributed by atoms with van der Waals surface area (Å²) < 4.78 is 25.9. The van der Waals surface area contributed by atoms with E-state index < -0.39 is 0 Å². The number of likely N-dealkylation sites (tertiary alicyclic amines) is 1. The molecule has 1 aromatic heterocycles. The first-order chi connectivity index (χ1) is 13.5. The molecule has 1 unspecified atom stereocenters. The summed E-state index contributed by atoms with van der Waals surface area (Å²) in [4.78, 5) is 15.0. The molecule has 2 aliphatic rings. The Morgan fingerprint density at radius 3 is 2.71 bits per heavy atom. The summed E-state index contributed by atoms with van der Waals surface area (Å²) in [5.41, 5.74) is 1.88. The lowest BCUT2D eigenvalue weighted by molar-refractivity contribution is -0.0969. The van der Waals surface area contributed by atoms with Gasteiger partial charge in [0.15, 0.2) is 6.29 Å². The van der Waals surface area contributed by atoms with Crippen molar-refractivity contribution in [3.05, 3.63) is 52.1 Å². The number of halogens is 2. The van der Waals surface area contributed by atoms with Crippen LogP contribution in [0.4, 0.5) is 4.39 Å². The first kappa shape index (κ1) is 19.4. The van der Waals surface area contributed by atoms with Crippen LogP contribution in [0, 0.1) is 18.7 Å². The molecular weight excluding hydrogens is 385 g/mol. The SMILES string of the molecule is Cc1nn(Cc2ccc(F)cc2)c(Cl)c1C(=O)N1CCCC(C2OCCO2)C1. The van der Waals surface area contributed by atoms with Gasteiger partial charge in [0.25, 0.3) is 5.91 Å². The van der Waals surface area contributed by atoms with Crippen LogP contribution in [-0.4, -0.2) is 53.2 Å². The standard InChI is InChI=1S/C20H23ClFN3O3/c1-13-17(18(21)25(23-13)11-14-4-6-16(22)7-5-14)19(26)24-8-2-3-15(12-24)20-27-9-10-28-20/h4-7,15,20H,2-3,8-12H2,1H3. The van der Waals surface area contributed by atoms with E-state index in [0.717, 1.165) is 18.4 Å². The maximum absolute atomic E-state index is 13.2. The van der Waals surface area contributed by atoms with Gasteiger partial charge in [0.05, 0.1) is 31.0 Å². The second-order valence-electron chi connectivity index (χ2n) is 7.30. The van der Waals surface area contributed by atoms with Crippen LogP contribution in [0.2, 0.25) is 5.15 Å². The zero-order valence-electron chi connectivity index (χ0n) is 15.7. The molecule has 150 valence electrons. The van der Waals surface area contributed by atoms with Crippen molar-refractivity contribution < 1.29 is 18.7 Å². The van der Waals surface area contributed by atoms with Gasteiger partial charge < -0.3 is 14.4 Å². The molecule has 3 heterocycles. The molecule has 2 saturated heterocycles. The van der Waals surface area contributed by atoms with Gasteiger partial charge in [-0.1, -0.05) is 23.7 Å². The molecule has 28 heavy (non-hydrogen) atoms. The fourth-order valence-electron chi connectivity index (χ4n) is 3.89. The Morgan fingerprint density at radius 1 is 1.29 bits per heavy atom. The topological polar surface area (TPSA) is 56.6 Å². The Bertz CT molecular complexity index is 849. The van der Waals surface area contributed by atoms with Crippen molar-refractivity contribution in [1.82, 2.24) is 14.7 Å². The van der Waals surface area contributed by atoms with Crippen LogP contribution in [0.5, 0.6) is 0 Å². The molecule has 0 spiro atoms. The van der Waals surface area contributed by atoms with E-state index >= 15 is 0 Å². The van der Waals surface area contributed by atoms with Crippen molar-refractivity contribution in [2.24, 2.45) is 5.92 Å². The number of carbonyl (C=O) groups is 1. The molecule has 2 aliphatic heterocycles. The molecule has 0 saturated carbocycles. The van der Waals surface area contributed by atoms with E-state index in [0.29, 0.717) is 49.3 Å². The summed E-state index contributed by atoms with van der Waals surface area (Å²) in [5.74, 6) is -0.235. The van der Waals surface area contributed by atoms with E-state index in [1.165, 1.54) is 12.1 Å². The number of aryl methyl sites for hydroxylation is 1. The van der Waals surface area contributed by atoms with Crippen LogP contribution >= 0.6 is 11.6 Å². The second-order valence-corrected chi connectivity index (χ2v) is 7.66. The first-order valence-electron chi connectivity index (χ1n) is 9.53. The minimum Gasteiger partial charge on any atom is -0.350 e. The van der Waals surface area contributed by atoms with Gasteiger partial charge >= 0.3 is 0 Å². The maximum atomic E-state index is 13.2. The quantitative estimate of drug-likeness (QED) is 0.780. The molecule has 0 N–H and O–H groups in total. The number of carbonyl (C=O) groups excluding carboxylic acids is 1. The van der Waals surface area contributed by atoms with E-state index in [1.54, 1.807) is 23.7 Å². The number of ether oxygens (including phenoxy) is 2. The summed E-state index contributed by atoms with van der Waals surface area (Å²) in [6, 6.07) is 6.15. The number of rotatable bonds is 4. The highest BCUT2D eigenvalue weighted by Crippen LogP contribution is 2.28. The van der Waals surface area contributed by atoms with Gasteiger partial charge in [-0.15, -0.1) is 0 Å². The van der Waals surface area contributed by atoms with E-state index in [1.807, 2.05) is 4.90 Å². The molecule has 8 heteroatoms. The van der Waals surface area contributed by atoms with E-state index in [9.17, 15) is 9.18 Å². The Kier molecular flexibility index (Phi) is 5.66. The molecule has 0 aliphatic carbocycles. The third-order valence-electron chi connectivity index (χ3n) is 5.30. The monoisotopic (exact) mass is 407 g/mol. The zero-order chi connectivity index (χ0) is 19.7. The van der Waals surface area contributed by atoms with Gasteiger partial charge in [0.1, 0.15) is 11.0 Å². The lowest BCUT2D eigenvalue weighted by atomic mass is 9.97. The average molecular weight is 408 g/mol. The Balaban J connectivity index is 1.50. The molecule has 2 fully saturated rings. The van der Waals surface area contributed by atoms with Gasteiger partial charge in [-0.3, -0.25) is 4.79 Å². The number of nitrogens with zero attached hydrogens (tertiary/aromatic N) is 3. The molecule has 1 atom stereocenters. The third kappa shape index (κ3) is 3.92. The third-order valence-corrected chi connectivity index (χ3v) is 5.69. The predicted octanol–water partition coefficient (Wildman–Crippen LogP) is 3.26. The number of hydrogen-bond acceptors (Lipinski definition) is 4. The molecule has 2 aromatic rings. The van der Waals surface area contributed by atoms with Crippen molar-refractivity contribution in [3.63, 3.8) is 0 Å². The largest absolute Gasteiger partial charge is 0.350 e. The highest BCUT2D eigenvalue weighted by molar-refractivity contribution is 6.33. The second kappa shape index (κ2) is 8.19. The Hall–Kier alpha value is -1.96. The summed E-state index contributed by atoms with van der Waals surface area (Å²) in [5, 5.41) is 4.74. The molecule has 1 aromatic carbocycles. The Morgan fingerprint density at radius 2 is 2.00 bits per heavy atom. The minimum atomic E-state index is -0.294. The molecule has 4 rings (SSSR count). The van der Waals surface area contributed by atoms with E-state index in [-0.39, 0.29) is 23.9 Å². The zero-order valence-corrected chi connectivity index (χ0v) is 16.5. The van der Waals surface area contributed by atoms with Crippen LogP contribution in [0.3, 0.4) is 0 Å². The van der Waals surface area contributed by atoms with Crippen molar-refractivity contribution in [2.75, 3.05) is 26.3 Å². The van der Waals surface area contributed by atoms with Crippen LogP contribution in [0.25, 0.3) is 0 Å². The van der Waals surface area contributed by atoms with Crippen molar-refractivity contribution in [3.8, 4) is 0 Å². The number of amides is 1. The summed E-state index contributed by atoms with van der Waals surface area (Å²) in [6.45, 7) is 4.64. The van der Waals surface area contributed by atoms with Gasteiger partial charge in [-0.25, -0.2) is 9.07 Å². The predicted molar refractivity (Wildman–Crippen MR) is 102 cm³/mol. The fourth-order valence-corrected chi connectivity index (χ4v) is 4.20. The van der Waals surface area contributed by atoms with Gasteiger partial charge in [0.2, 0.25) is 0 Å². The maximum Gasteiger partial charge on any atom is 0.258 e. The van der Waals surface area contributed by atoms with E-state index in [2.05, 4.69) is 5.10 Å². The summed E-state index contributed by atoms with van der Waals surface area (Å²) in [6.07, 6.45) is 1.65. The lowest BCUT2D eigenvalue weighted by Gasteiger charge is -2.34. The average Bonchev–Trinajstić information content (AvgIpc) is 3.32. The van der Waals surface area contributed by atoms with Crippen molar-refractivity contribution >= 4 is 17.5 Å². The van der Waals surface area contributed by atoms with Crippen molar-refractivity contribution in [1.29, 1.82) is 0 Å². The van der Waals surface area contributed by atoms with Gasteiger partial charge in [-0.2, -0.15) is 5.10 Å². The molecule has 1 amide bonds. The highest BCUT2D eigenvalue weighted by Gasteiger charge is 2.34. The van der Waals surface area contributed by atoms with E-state index in [4.69, 9.17) is 21.1 Å². The number of piperidine rings is 1. The smallest absolute Gasteiger partial charge is 0.258 e. The van der Waals surface area contributed by atoms with Gasteiger partial charge in [-0.05, 0) is 37.5 Å². The molecule has 0 bridgehead atoms. The summed E-state index contributed by atoms with van der Waals surface area (Å²) in [7, 11) is 0. The van der Waals surface area contributed by atoms with Crippen molar-refractivity contribution in [2.45, 2.75) is 32.6 Å². The number of aromatic nitrogens is 2. The summed E-state index contributed by atoms with van der Waals surface area (Å²) >= 11 is 6.52. The number of benzene rings is 1. The minimum absolute atomic E-state index is 0.115. The van der Waals surface area contributed by atoms with Crippen LogP contribution < -0.4 is 0 Å². The molecule has 6 nitrogen and oxygen atoms in total. The number of hydrogen-bond donors (Lipinski definition) is 0. The Labute approximate surface area is 168 Å². The fraction of sp³-hybridized carbons (Fsp3) is 0.500. The van der Waals surface area contributed by atoms with Crippen LogP contribution in [-0.2, 0) is 16.0 Å². The molecular formula is C20H23ClFN3O3. The highest BCUT2D eigenvalue weighted by atomic mass is 35.5. The lowest BCUT2D eigenvalue weighted by Crippen LogP contribution is -2.44. The first-order valence-corrected chi connectivity index (χ1v) is 9.90. The molecule has 0 radical (unpaired) electrons. The van der Waals surface area contributed by atoms with Crippen LogP contribution in [0.15, 0.2) is 24.3 Å². The van der Waals surface area contributed by atoms with Gasteiger partial charge in [0, 0.05) is 19.0 Å². The normalized spacial score (nSPS) is 20.7.